The summed E-state index contributed by atoms with van der Waals surface area (Å²) in [5.41, 5.74) is 1.09. The number of anilines is 1. The molecule has 2 bridgehead atoms. The molecule has 0 unspecified atom stereocenters. The van der Waals surface area contributed by atoms with Gasteiger partial charge < -0.3 is 40.2 Å². The number of hydrogen-bond acceptors (Lipinski definition) is 9. The molecule has 0 spiro atoms. The lowest BCUT2D eigenvalue weighted by molar-refractivity contribution is -0.152. The van der Waals surface area contributed by atoms with Crippen LogP contribution in [0.1, 0.15) is 101 Å². The van der Waals surface area contributed by atoms with E-state index in [2.05, 4.69) is 32.9 Å². The van der Waals surface area contributed by atoms with Crippen LogP contribution in [0, 0.1) is 29.2 Å². The Kier molecular flexibility index (Phi) is 13.7. The number of hydrogen-bond donors (Lipinski definition) is 6. The number of ether oxygens (including phenoxy) is 3. The molecule has 298 valence electrons. The monoisotopic (exact) mass is 756 g/mol. The number of aliphatic hydroxyl groups is 1. The molecule has 0 saturated heterocycles. The first-order valence-electron chi connectivity index (χ1n) is 20.2. The van der Waals surface area contributed by atoms with E-state index in [0.29, 0.717) is 68.2 Å². The zero-order valence-electron chi connectivity index (χ0n) is 32.8. The maximum absolute atomic E-state index is 14.3. The van der Waals surface area contributed by atoms with Crippen molar-refractivity contribution in [2.75, 3.05) is 33.1 Å². The average molecular weight is 757 g/mol. The number of ketones is 1. The highest BCUT2D eigenvalue weighted by Crippen LogP contribution is 2.49. The van der Waals surface area contributed by atoms with Crippen LogP contribution in [0.3, 0.4) is 0 Å². The summed E-state index contributed by atoms with van der Waals surface area (Å²) >= 11 is 0. The maximum atomic E-state index is 14.3. The molecule has 11 heteroatoms. The Bertz CT molecular complexity index is 1760. The van der Waals surface area contributed by atoms with Gasteiger partial charge in [-0.1, -0.05) is 43.7 Å². The number of aryl methyl sites for hydroxylation is 1. The normalized spacial score (nSPS) is 28.0. The summed E-state index contributed by atoms with van der Waals surface area (Å²) in [6.07, 6.45) is 16.4. The Labute approximate surface area is 326 Å². The molecule has 0 amide bonds. The molecule has 1 aliphatic heterocycles. The molecule has 1 heterocycles. The Balaban J connectivity index is 1.23. The van der Waals surface area contributed by atoms with Gasteiger partial charge in [-0.3, -0.25) is 15.1 Å². The summed E-state index contributed by atoms with van der Waals surface area (Å²) in [7, 11) is 5.08. The van der Waals surface area contributed by atoms with Crippen LogP contribution in [-0.2, 0) is 22.4 Å². The van der Waals surface area contributed by atoms with Crippen molar-refractivity contribution in [1.29, 1.82) is 0 Å². The Morgan fingerprint density at radius 1 is 1.05 bits per heavy atom. The first-order valence-corrected chi connectivity index (χ1v) is 20.2. The van der Waals surface area contributed by atoms with E-state index in [9.17, 15) is 20.1 Å². The minimum absolute atomic E-state index is 0.0207. The standard InChI is InChI=1S/C44H60N4O7/c1-45-29-43(21-19-32(27-43)26-40(51)54-34-14-5-4-6-15-34)55-38-24-30-11-7-8-16-39(50)44(28-31-17-18-36(49)37(25-31)53-3)20-9-12-33(44)13-10-22-47-42(46-2)48-35(23-30)41(38)52/h8,16-18,23-25,32-34,40,45,49,51-52H,4-7,9,11-15,19-21,26-29H2,1-3H3,(H2,46,47,48)/b16-8+/t32-,33+,40-,43-,44-/m1/s1. The van der Waals surface area contributed by atoms with Crippen molar-refractivity contribution in [1.82, 2.24) is 10.6 Å². The number of guanidine groups is 1. The third-order valence-electron chi connectivity index (χ3n) is 12.2. The van der Waals surface area contributed by atoms with Crippen LogP contribution in [0.2, 0.25) is 0 Å². The molecule has 0 aromatic heterocycles. The summed E-state index contributed by atoms with van der Waals surface area (Å²) < 4.78 is 18.3. The van der Waals surface area contributed by atoms with Crippen molar-refractivity contribution in [2.45, 2.75) is 121 Å². The van der Waals surface area contributed by atoms with Gasteiger partial charge in [0, 0.05) is 37.9 Å². The van der Waals surface area contributed by atoms with Crippen LogP contribution in [0.5, 0.6) is 23.0 Å². The van der Waals surface area contributed by atoms with Gasteiger partial charge >= 0.3 is 0 Å². The third-order valence-corrected chi connectivity index (χ3v) is 12.2. The Morgan fingerprint density at radius 3 is 2.67 bits per heavy atom. The number of nitrogens with one attached hydrogen (secondary N) is 3. The lowest BCUT2D eigenvalue weighted by Gasteiger charge is -2.33. The molecule has 5 atom stereocenters. The van der Waals surface area contributed by atoms with E-state index in [1.807, 2.05) is 37.4 Å². The number of rotatable bonds is 11. The quantitative estimate of drug-likeness (QED) is 0.0826. The van der Waals surface area contributed by atoms with E-state index >= 15 is 0 Å². The number of aromatic hydroxyl groups is 2. The molecule has 6 rings (SSSR count). The lowest BCUT2D eigenvalue weighted by atomic mass is 9.69. The minimum atomic E-state index is -0.792. The van der Waals surface area contributed by atoms with Crippen molar-refractivity contribution in [3.05, 3.63) is 53.6 Å². The average Bonchev–Trinajstić information content (AvgIpc) is 3.77. The fourth-order valence-electron chi connectivity index (χ4n) is 9.43. The summed E-state index contributed by atoms with van der Waals surface area (Å²) in [6, 6.07) is 12.1. The van der Waals surface area contributed by atoms with Crippen LogP contribution in [0.25, 0.3) is 0 Å². The molecule has 3 aliphatic carbocycles. The predicted octanol–water partition coefficient (Wildman–Crippen LogP) is 6.74. The second-order valence-corrected chi connectivity index (χ2v) is 16.1. The lowest BCUT2D eigenvalue weighted by Crippen LogP contribution is -2.43. The molecule has 4 aliphatic rings. The van der Waals surface area contributed by atoms with Gasteiger partial charge in [-0.2, -0.15) is 0 Å². The zero-order valence-corrected chi connectivity index (χ0v) is 32.8. The molecular formula is C44H60N4O7. The molecule has 11 nitrogen and oxygen atoms in total. The predicted molar refractivity (Wildman–Crippen MR) is 214 cm³/mol. The van der Waals surface area contributed by atoms with E-state index in [-0.39, 0.29) is 35.2 Å². The zero-order chi connectivity index (χ0) is 38.8. The van der Waals surface area contributed by atoms with Gasteiger partial charge in [0.05, 0.1) is 18.9 Å². The number of aliphatic imine (C=N–C) groups is 1. The molecule has 55 heavy (non-hydrogen) atoms. The van der Waals surface area contributed by atoms with Gasteiger partial charge in [0.1, 0.15) is 5.60 Å². The topological polar surface area (TPSA) is 154 Å². The SMILES string of the molecule is CN=C1NC#CC[C@@H]2CCC[C@]2(Cc2ccc(O)c(OC)c2)C(=O)/C=C/CCc2cc(c(O)c(O[C@]3(CNC)CC[C@H](C[C@H](O)OC4CCCCC4)C3)c2)N1. The minimum Gasteiger partial charge on any atom is -0.504 e. The first kappa shape index (κ1) is 40.4. The smallest absolute Gasteiger partial charge is 0.207 e. The summed E-state index contributed by atoms with van der Waals surface area (Å²) in [6.45, 7) is 0.582. The van der Waals surface area contributed by atoms with Crippen LogP contribution >= 0.6 is 0 Å². The number of likely N-dealkylation sites (N-methyl/N-ethyl adjacent to an activating group) is 1. The fraction of sp³-hybridized carbons (Fsp3) is 0.591. The van der Waals surface area contributed by atoms with Crippen molar-refractivity contribution >= 4 is 17.4 Å². The van der Waals surface area contributed by atoms with Gasteiger partial charge in [0.15, 0.2) is 35.1 Å². The molecule has 3 fully saturated rings. The second-order valence-electron chi connectivity index (χ2n) is 16.1. The van der Waals surface area contributed by atoms with E-state index in [1.54, 1.807) is 19.2 Å². The number of fused-ring (bicyclic) bond motifs is 3. The second kappa shape index (κ2) is 18.6. The van der Waals surface area contributed by atoms with E-state index < -0.39 is 17.3 Å². The number of carbonyl (C=O) groups excluding carboxylic acids is 1. The van der Waals surface area contributed by atoms with Crippen molar-refractivity contribution in [3.8, 4) is 35.0 Å². The Hall–Kier alpha value is -4.24. The summed E-state index contributed by atoms with van der Waals surface area (Å²) in [5, 5.41) is 42.4. The molecule has 3 saturated carbocycles. The van der Waals surface area contributed by atoms with Crippen LogP contribution in [-0.4, -0.2) is 72.8 Å². The molecule has 2 aromatic carbocycles. The molecule has 6 N–H and O–H groups in total. The fourth-order valence-corrected chi connectivity index (χ4v) is 9.43. The van der Waals surface area contributed by atoms with Gasteiger partial charge in [-0.25, -0.2) is 0 Å². The number of carbonyl (C=O) groups is 1. The van der Waals surface area contributed by atoms with Crippen molar-refractivity contribution in [2.24, 2.45) is 22.2 Å². The number of methoxy groups -OCH3 is 1. The summed E-state index contributed by atoms with van der Waals surface area (Å²) in [5.74, 6) is 4.81. The summed E-state index contributed by atoms with van der Waals surface area (Å²) in [4.78, 5) is 18.6. The first-order chi connectivity index (χ1) is 26.7. The molecular weight excluding hydrogens is 697 g/mol. The van der Waals surface area contributed by atoms with E-state index in [0.717, 1.165) is 68.9 Å². The van der Waals surface area contributed by atoms with Crippen molar-refractivity contribution < 1.29 is 34.3 Å². The third kappa shape index (κ3) is 9.96. The van der Waals surface area contributed by atoms with Crippen LogP contribution in [0.15, 0.2) is 47.5 Å². The molecule has 0 radical (unpaired) electrons. The number of nitrogens with zero attached hydrogens (tertiary/aromatic N) is 1. The number of phenols is 2. The van der Waals surface area contributed by atoms with Crippen LogP contribution < -0.4 is 25.4 Å². The number of allylic oxidation sites excluding steroid dienone is 2. The Morgan fingerprint density at radius 2 is 1.89 bits per heavy atom. The maximum Gasteiger partial charge on any atom is 0.207 e. The molecule has 2 aromatic rings. The van der Waals surface area contributed by atoms with Crippen LogP contribution in [0.4, 0.5) is 5.69 Å². The highest BCUT2D eigenvalue weighted by atomic mass is 16.6. The highest BCUT2D eigenvalue weighted by molar-refractivity contribution is 5.97. The van der Waals surface area contributed by atoms with E-state index in [4.69, 9.17) is 14.2 Å². The number of phenolic OH excluding ortho intramolecular Hbond substituents is 2. The van der Waals surface area contributed by atoms with Gasteiger partial charge in [-0.15, -0.1) is 0 Å². The largest absolute Gasteiger partial charge is 0.504 e. The van der Waals surface area contributed by atoms with E-state index in [1.165, 1.54) is 13.5 Å². The van der Waals surface area contributed by atoms with Crippen molar-refractivity contribution in [3.63, 3.8) is 0 Å². The van der Waals surface area contributed by atoms with Gasteiger partial charge in [0.2, 0.25) is 5.96 Å². The highest BCUT2D eigenvalue weighted by Gasteiger charge is 2.47. The number of benzene rings is 2. The number of aliphatic hydroxyl groups excluding tert-OH is 1. The van der Waals surface area contributed by atoms with Gasteiger partial charge in [0.25, 0.3) is 0 Å². The van der Waals surface area contributed by atoms with Gasteiger partial charge in [-0.05, 0) is 125 Å².